The monoisotopic (exact) mass is 627 g/mol. The minimum Gasteiger partial charge on any atom is -0.481 e. The number of carboxylic acid groups (broad SMARTS) is 1. The third-order valence-electron chi connectivity index (χ3n) is 8.42. The van der Waals surface area contributed by atoms with Gasteiger partial charge in [0.15, 0.2) is 5.11 Å². The van der Waals surface area contributed by atoms with Gasteiger partial charge in [0.05, 0.1) is 23.3 Å². The van der Waals surface area contributed by atoms with Gasteiger partial charge in [0.25, 0.3) is 0 Å². The van der Waals surface area contributed by atoms with Crippen molar-refractivity contribution >= 4 is 46.3 Å². The van der Waals surface area contributed by atoms with Crippen LogP contribution in [-0.2, 0) is 14.3 Å². The summed E-state index contributed by atoms with van der Waals surface area (Å²) in [5.74, 6) is -2.11. The number of rotatable bonds is 9. The summed E-state index contributed by atoms with van der Waals surface area (Å²) < 4.78 is 20.3. The number of dihydropyridines is 1. The predicted octanol–water partition coefficient (Wildman–Crippen LogP) is 4.22. The second-order valence-corrected chi connectivity index (χ2v) is 13.1. The van der Waals surface area contributed by atoms with E-state index in [1.165, 1.54) is 17.4 Å². The van der Waals surface area contributed by atoms with Gasteiger partial charge in [0, 0.05) is 68.5 Å². The van der Waals surface area contributed by atoms with E-state index in [2.05, 4.69) is 20.1 Å². The molecule has 5 rings (SSSR count). The lowest BCUT2D eigenvalue weighted by Gasteiger charge is -2.50. The van der Waals surface area contributed by atoms with E-state index in [-0.39, 0.29) is 18.5 Å². The topological polar surface area (TPSA) is 98.2 Å². The fraction of sp³-hybridized carbons (Fsp3) is 0.484. The Morgan fingerprint density at radius 1 is 1.28 bits per heavy atom. The van der Waals surface area contributed by atoms with Crippen LogP contribution in [0.15, 0.2) is 47.1 Å². The maximum Gasteiger partial charge on any atom is 0.336 e. The Balaban J connectivity index is 1.42. The molecule has 0 amide bonds. The molecule has 0 aliphatic carbocycles. The van der Waals surface area contributed by atoms with Gasteiger partial charge in [-0.25, -0.2) is 14.2 Å². The quantitative estimate of drug-likeness (QED) is 0.311. The first kappa shape index (κ1) is 31.1. The van der Waals surface area contributed by atoms with Crippen LogP contribution in [-0.4, -0.2) is 93.8 Å². The molecule has 4 heterocycles. The van der Waals surface area contributed by atoms with Crippen LogP contribution in [0.2, 0.25) is 0 Å². The summed E-state index contributed by atoms with van der Waals surface area (Å²) in [6.07, 6.45) is 4.53. The highest BCUT2D eigenvalue weighted by Crippen LogP contribution is 2.38. The molecule has 0 bridgehead atoms. The molecule has 2 fully saturated rings. The minimum absolute atomic E-state index is 0.177. The molecule has 0 radical (unpaired) electrons. The fourth-order valence-corrected chi connectivity index (χ4v) is 7.05. The number of halogens is 1. The maximum atomic E-state index is 14.8. The number of aliphatic carboxylic acids is 1. The van der Waals surface area contributed by atoms with Crippen molar-refractivity contribution in [2.24, 2.45) is 5.41 Å². The predicted molar refractivity (Wildman–Crippen MR) is 168 cm³/mol. The molecular weight excluding hydrogens is 590 g/mol. The molecule has 43 heavy (non-hydrogen) atoms. The van der Waals surface area contributed by atoms with Crippen LogP contribution in [0.5, 0.6) is 0 Å². The van der Waals surface area contributed by atoms with E-state index in [1.807, 2.05) is 22.4 Å². The van der Waals surface area contributed by atoms with Gasteiger partial charge in [-0.1, -0.05) is 12.1 Å². The number of carbonyl (C=O) groups excluding carboxylic acids is 1. The molecule has 1 aromatic carbocycles. The van der Waals surface area contributed by atoms with Gasteiger partial charge in [0.1, 0.15) is 10.8 Å². The van der Waals surface area contributed by atoms with Gasteiger partial charge in [-0.2, -0.15) is 0 Å². The molecule has 3 aliphatic heterocycles. The molecule has 2 aromatic rings. The summed E-state index contributed by atoms with van der Waals surface area (Å²) in [5.41, 5.74) is 2.27. The Morgan fingerprint density at radius 2 is 2.07 bits per heavy atom. The van der Waals surface area contributed by atoms with Crippen LogP contribution in [0.4, 0.5) is 4.39 Å². The van der Waals surface area contributed by atoms with E-state index < -0.39 is 23.3 Å². The summed E-state index contributed by atoms with van der Waals surface area (Å²) in [4.78, 5) is 36.3. The molecule has 2 unspecified atom stereocenters. The zero-order valence-electron chi connectivity index (χ0n) is 24.9. The number of thiocarbonyl (C=S) groups is 1. The van der Waals surface area contributed by atoms with Gasteiger partial charge in [-0.05, 0) is 69.6 Å². The number of benzene rings is 1. The number of hydrogen-bond acceptors (Lipinski definition) is 8. The number of allylic oxidation sites excluding steroid dienone is 1. The van der Waals surface area contributed by atoms with Gasteiger partial charge < -0.3 is 25.0 Å². The zero-order valence-corrected chi connectivity index (χ0v) is 26.6. The second-order valence-electron chi connectivity index (χ2n) is 11.9. The van der Waals surface area contributed by atoms with Crippen LogP contribution < -0.4 is 5.32 Å². The average molecular weight is 628 g/mol. The van der Waals surface area contributed by atoms with E-state index in [4.69, 9.17) is 17.0 Å². The molecule has 0 saturated carbocycles. The van der Waals surface area contributed by atoms with E-state index in [9.17, 15) is 19.1 Å². The summed E-state index contributed by atoms with van der Waals surface area (Å²) in [5, 5.41) is 16.5. The first-order chi connectivity index (χ1) is 20.5. The number of carbonyl (C=O) groups is 2. The fourth-order valence-electron chi connectivity index (χ4n) is 6.04. The highest BCUT2D eigenvalue weighted by Gasteiger charge is 2.40. The molecule has 1 aromatic heterocycles. The average Bonchev–Trinajstić information content (AvgIpc) is 3.51. The van der Waals surface area contributed by atoms with E-state index in [1.54, 1.807) is 40.0 Å². The lowest BCUT2D eigenvalue weighted by molar-refractivity contribution is -0.147. The van der Waals surface area contributed by atoms with E-state index in [0.717, 1.165) is 29.4 Å². The number of thiazole rings is 1. The molecule has 2 N–H and O–H groups in total. The van der Waals surface area contributed by atoms with Crippen molar-refractivity contribution in [1.29, 1.82) is 0 Å². The van der Waals surface area contributed by atoms with Crippen LogP contribution in [0.1, 0.15) is 49.2 Å². The van der Waals surface area contributed by atoms with Crippen LogP contribution >= 0.6 is 23.6 Å². The summed E-state index contributed by atoms with van der Waals surface area (Å²) in [6, 6.07) is 5.14. The van der Waals surface area contributed by atoms with E-state index in [0.29, 0.717) is 54.5 Å². The van der Waals surface area contributed by atoms with Crippen LogP contribution in [0.3, 0.4) is 0 Å². The van der Waals surface area contributed by atoms with Gasteiger partial charge in [-0.3, -0.25) is 9.69 Å². The Hall–Kier alpha value is -3.35. The Morgan fingerprint density at radius 3 is 2.77 bits per heavy atom. The molecule has 2 saturated heterocycles. The maximum absolute atomic E-state index is 14.8. The number of nitrogens with zero attached hydrogens (tertiary/aromatic N) is 4. The number of ether oxygens (including phenoxy) is 1. The normalized spacial score (nSPS) is 21.3. The molecule has 2 atom stereocenters. The van der Waals surface area contributed by atoms with Crippen molar-refractivity contribution in [3.8, 4) is 0 Å². The lowest BCUT2D eigenvalue weighted by Crippen LogP contribution is -2.63. The molecule has 0 spiro atoms. The number of nitrogens with one attached hydrogen (secondary N) is 1. The van der Waals surface area contributed by atoms with Crippen molar-refractivity contribution in [1.82, 2.24) is 25.0 Å². The van der Waals surface area contributed by atoms with Gasteiger partial charge >= 0.3 is 11.9 Å². The smallest absolute Gasteiger partial charge is 0.336 e. The molecular formula is C31H38FN5O4S2. The zero-order chi connectivity index (χ0) is 30.9. The number of hydrogen-bond donors (Lipinski definition) is 2. The number of esters is 1. The summed E-state index contributed by atoms with van der Waals surface area (Å²) in [6.45, 7) is 10.8. The number of aromatic nitrogens is 1. The second kappa shape index (κ2) is 12.7. The molecule has 12 heteroatoms. The Kier molecular flexibility index (Phi) is 9.19. The Labute approximate surface area is 261 Å². The highest BCUT2D eigenvalue weighted by atomic mass is 32.1. The van der Waals surface area contributed by atoms with E-state index >= 15 is 0 Å². The standard InChI is InChI=1S/C31H38FN5O4S2/c1-5-41-28(38)26-22(21-7-6-8-23(32)19(21)2)15-24(27-33-10-14-43-27)34-25(26)17-35-12-13-37-20(16-35)9-11-36(30(37)42)18-31(3,4)29(39)40/h6-8,10,14-15,20,22,34H,5,9,11-13,16-18H2,1-4H3,(H,39,40). The number of carboxylic acids is 1. The van der Waals surface area contributed by atoms with Crippen molar-refractivity contribution in [3.63, 3.8) is 0 Å². The van der Waals surface area contributed by atoms with Gasteiger partial charge in [0.2, 0.25) is 0 Å². The first-order valence-electron chi connectivity index (χ1n) is 14.5. The van der Waals surface area contributed by atoms with Crippen molar-refractivity contribution in [2.75, 3.05) is 45.9 Å². The third kappa shape index (κ3) is 6.46. The largest absolute Gasteiger partial charge is 0.481 e. The number of piperazine rings is 1. The van der Waals surface area contributed by atoms with Crippen molar-refractivity contribution < 1.29 is 23.8 Å². The summed E-state index contributed by atoms with van der Waals surface area (Å²) in [7, 11) is 0. The van der Waals surface area contributed by atoms with Crippen LogP contribution in [0.25, 0.3) is 5.70 Å². The molecule has 3 aliphatic rings. The number of fused-ring (bicyclic) bond motifs is 1. The first-order valence-corrected chi connectivity index (χ1v) is 15.8. The Bertz CT molecular complexity index is 1460. The molecule has 230 valence electrons. The highest BCUT2D eigenvalue weighted by molar-refractivity contribution is 7.80. The van der Waals surface area contributed by atoms with Crippen LogP contribution in [0, 0.1) is 18.2 Å². The van der Waals surface area contributed by atoms with Gasteiger partial charge in [-0.15, -0.1) is 11.3 Å². The van der Waals surface area contributed by atoms with Crippen molar-refractivity contribution in [2.45, 2.75) is 46.1 Å². The SMILES string of the molecule is CCOC(=O)C1=C(CN2CCN3C(=S)N(CC(C)(C)C(=O)O)CCC3C2)NC(c2nccs2)=CC1c1cccc(F)c1C. The molecule has 9 nitrogen and oxygen atoms in total. The third-order valence-corrected chi connectivity index (χ3v) is 9.72. The minimum atomic E-state index is -0.902. The summed E-state index contributed by atoms with van der Waals surface area (Å²) >= 11 is 7.32. The van der Waals surface area contributed by atoms with Crippen molar-refractivity contribution in [3.05, 3.63) is 69.1 Å². The lowest BCUT2D eigenvalue weighted by atomic mass is 9.84.